The lowest BCUT2D eigenvalue weighted by molar-refractivity contribution is -0.143. The molecule has 1 fully saturated rings. The molecule has 7 N–H and O–H groups in total. The molecule has 0 saturated carbocycles. The molecule has 1 aliphatic rings. The van der Waals surface area contributed by atoms with E-state index in [9.17, 15) is 29.1 Å². The van der Waals surface area contributed by atoms with Gasteiger partial charge >= 0.3 is 11.9 Å². The van der Waals surface area contributed by atoms with Crippen molar-refractivity contribution in [1.29, 1.82) is 0 Å². The number of aromatic amines is 1. The third kappa shape index (κ3) is 8.55. The number of carboxylic acid groups (broad SMARTS) is 2. The van der Waals surface area contributed by atoms with Gasteiger partial charge in [-0.05, 0) is 37.7 Å². The molecule has 14 heteroatoms. The number of likely N-dealkylation sites (tertiary alicyclic amines) is 1. The van der Waals surface area contributed by atoms with Gasteiger partial charge in [0.15, 0.2) is 0 Å². The van der Waals surface area contributed by atoms with Gasteiger partial charge in [-0.2, -0.15) is 11.8 Å². The van der Waals surface area contributed by atoms with Crippen LogP contribution in [0.2, 0.25) is 0 Å². The highest BCUT2D eigenvalue weighted by atomic mass is 32.2. The van der Waals surface area contributed by atoms with Gasteiger partial charge in [0.2, 0.25) is 17.7 Å². The summed E-state index contributed by atoms with van der Waals surface area (Å²) >= 11 is 1.45. The fourth-order valence-electron chi connectivity index (χ4n) is 3.78. The molecule has 13 nitrogen and oxygen atoms in total. The van der Waals surface area contributed by atoms with Crippen molar-refractivity contribution in [1.82, 2.24) is 25.5 Å². The number of H-pyrrole nitrogens is 1. The van der Waals surface area contributed by atoms with Crippen molar-refractivity contribution in [2.45, 2.75) is 62.7 Å². The number of carbonyl (C=O) groups excluding carboxylic acids is 3. The van der Waals surface area contributed by atoms with Crippen molar-refractivity contribution in [2.75, 3.05) is 18.6 Å². The van der Waals surface area contributed by atoms with Crippen molar-refractivity contribution in [2.24, 2.45) is 5.73 Å². The van der Waals surface area contributed by atoms with E-state index in [4.69, 9.17) is 10.8 Å². The average Bonchev–Trinajstić information content (AvgIpc) is 3.51. The van der Waals surface area contributed by atoms with E-state index in [2.05, 4.69) is 20.6 Å². The topological polar surface area (TPSA) is 208 Å². The molecule has 4 atom stereocenters. The molecule has 4 unspecified atom stereocenters. The maximum atomic E-state index is 13.1. The molecule has 3 amide bonds. The number of carbonyl (C=O) groups is 5. The van der Waals surface area contributed by atoms with E-state index in [1.165, 1.54) is 29.2 Å². The maximum absolute atomic E-state index is 13.1. The first-order valence-corrected chi connectivity index (χ1v) is 12.6. The number of imidazole rings is 1. The maximum Gasteiger partial charge on any atom is 0.326 e. The molecule has 0 aliphatic carbocycles. The van der Waals surface area contributed by atoms with Crippen LogP contribution in [0.1, 0.15) is 37.8 Å². The van der Waals surface area contributed by atoms with E-state index < -0.39 is 53.8 Å². The molecule has 1 aliphatic heterocycles. The van der Waals surface area contributed by atoms with Gasteiger partial charge in [0.25, 0.3) is 0 Å². The van der Waals surface area contributed by atoms with Gasteiger partial charge < -0.3 is 36.5 Å². The zero-order chi connectivity index (χ0) is 26.0. The van der Waals surface area contributed by atoms with E-state index in [1.54, 1.807) is 0 Å². The zero-order valence-electron chi connectivity index (χ0n) is 19.4. The first-order valence-electron chi connectivity index (χ1n) is 11.2. The fraction of sp³-hybridized carbons (Fsp3) is 0.619. The van der Waals surface area contributed by atoms with Gasteiger partial charge in [0.1, 0.15) is 18.1 Å². The van der Waals surface area contributed by atoms with Crippen molar-refractivity contribution >= 4 is 41.4 Å². The summed E-state index contributed by atoms with van der Waals surface area (Å²) in [5, 5.41) is 23.4. The average molecular weight is 513 g/mol. The van der Waals surface area contributed by atoms with Crippen molar-refractivity contribution in [3.8, 4) is 0 Å². The van der Waals surface area contributed by atoms with Crippen LogP contribution in [0.15, 0.2) is 12.5 Å². The molecule has 194 valence electrons. The van der Waals surface area contributed by atoms with Gasteiger partial charge in [-0.15, -0.1) is 0 Å². The molecule has 2 heterocycles. The third-order valence-corrected chi connectivity index (χ3v) is 6.31. The number of aliphatic carboxylic acids is 2. The van der Waals surface area contributed by atoms with Crippen molar-refractivity contribution in [3.63, 3.8) is 0 Å². The van der Waals surface area contributed by atoms with Crippen LogP contribution in [0, 0.1) is 0 Å². The van der Waals surface area contributed by atoms with E-state index in [1.807, 2.05) is 6.26 Å². The number of amides is 3. The Bertz CT molecular complexity index is 897. The van der Waals surface area contributed by atoms with E-state index in [-0.39, 0.29) is 32.2 Å². The number of aromatic nitrogens is 2. The van der Waals surface area contributed by atoms with Crippen LogP contribution >= 0.6 is 11.8 Å². The van der Waals surface area contributed by atoms with Crippen LogP contribution in [0.25, 0.3) is 0 Å². The van der Waals surface area contributed by atoms with E-state index in [0.29, 0.717) is 24.3 Å². The van der Waals surface area contributed by atoms with Crippen LogP contribution in [-0.2, 0) is 30.4 Å². The minimum absolute atomic E-state index is 0.0330. The SMILES string of the molecule is CSCCC(NC(=O)C(Cc1cnc[nH]1)NC(=O)C1CCCN1C(=O)C(N)CCC(=O)O)C(=O)O. The number of nitrogens with one attached hydrogen (secondary N) is 3. The Balaban J connectivity index is 2.12. The van der Waals surface area contributed by atoms with Gasteiger partial charge in [-0.1, -0.05) is 0 Å². The molecule has 2 rings (SSSR count). The summed E-state index contributed by atoms with van der Waals surface area (Å²) in [4.78, 5) is 69.3. The summed E-state index contributed by atoms with van der Waals surface area (Å²) in [5.74, 6) is -3.50. The lowest BCUT2D eigenvalue weighted by atomic mass is 10.1. The normalized spacial score (nSPS) is 17.9. The first kappa shape index (κ1) is 28.1. The summed E-state index contributed by atoms with van der Waals surface area (Å²) in [6, 6.07) is -4.16. The molecule has 1 aromatic rings. The molecule has 0 aromatic carbocycles. The standard InChI is InChI=1S/C21H32N6O7S/c1-35-8-6-14(21(33)34)25-18(30)15(9-12-10-23-11-24-12)26-19(31)16-3-2-7-27(16)20(32)13(22)4-5-17(28)29/h10-11,13-16H,2-9,22H2,1H3,(H,23,24)(H,25,30)(H,26,31)(H,28,29)(H,33,34). The number of hydrogen-bond acceptors (Lipinski definition) is 8. The lowest BCUT2D eigenvalue weighted by Gasteiger charge is -2.28. The van der Waals surface area contributed by atoms with Gasteiger partial charge in [0.05, 0.1) is 12.4 Å². The highest BCUT2D eigenvalue weighted by molar-refractivity contribution is 7.98. The van der Waals surface area contributed by atoms with Crippen LogP contribution < -0.4 is 16.4 Å². The number of carboxylic acids is 2. The van der Waals surface area contributed by atoms with Crippen LogP contribution in [0.5, 0.6) is 0 Å². The first-order chi connectivity index (χ1) is 16.6. The molecular formula is C21H32N6O7S. The zero-order valence-corrected chi connectivity index (χ0v) is 20.3. The molecule has 0 spiro atoms. The van der Waals surface area contributed by atoms with Gasteiger partial charge in [-0.25, -0.2) is 9.78 Å². The third-order valence-electron chi connectivity index (χ3n) is 5.66. The fourth-order valence-corrected chi connectivity index (χ4v) is 4.25. The monoisotopic (exact) mass is 512 g/mol. The van der Waals surface area contributed by atoms with Crippen LogP contribution in [-0.4, -0.2) is 97.5 Å². The molecule has 0 radical (unpaired) electrons. The molecule has 1 saturated heterocycles. The van der Waals surface area contributed by atoms with Crippen LogP contribution in [0.4, 0.5) is 0 Å². The Hall–Kier alpha value is -3.13. The van der Waals surface area contributed by atoms with Gasteiger partial charge in [-0.3, -0.25) is 19.2 Å². The Morgan fingerprint density at radius 2 is 1.97 bits per heavy atom. The second kappa shape index (κ2) is 13.7. The predicted molar refractivity (Wildman–Crippen MR) is 126 cm³/mol. The molecule has 0 bridgehead atoms. The largest absolute Gasteiger partial charge is 0.481 e. The van der Waals surface area contributed by atoms with Gasteiger partial charge in [0, 0.05) is 31.3 Å². The minimum Gasteiger partial charge on any atom is -0.481 e. The molecule has 1 aromatic heterocycles. The summed E-state index contributed by atoms with van der Waals surface area (Å²) in [6.45, 7) is 0.283. The smallest absolute Gasteiger partial charge is 0.326 e. The number of nitrogens with two attached hydrogens (primary N) is 1. The van der Waals surface area contributed by atoms with E-state index in [0.717, 1.165) is 0 Å². The Kier molecular flexibility index (Phi) is 11.0. The Morgan fingerprint density at radius 3 is 2.57 bits per heavy atom. The highest BCUT2D eigenvalue weighted by Gasteiger charge is 2.38. The Morgan fingerprint density at radius 1 is 1.23 bits per heavy atom. The lowest BCUT2D eigenvalue weighted by Crippen LogP contribution is -2.57. The van der Waals surface area contributed by atoms with Crippen molar-refractivity contribution < 1.29 is 34.2 Å². The number of nitrogens with zero attached hydrogens (tertiary/aromatic N) is 2. The quantitative estimate of drug-likeness (QED) is 0.178. The summed E-state index contributed by atoms with van der Waals surface area (Å²) in [5.41, 5.74) is 6.40. The second-order valence-electron chi connectivity index (χ2n) is 8.25. The van der Waals surface area contributed by atoms with E-state index >= 15 is 0 Å². The summed E-state index contributed by atoms with van der Waals surface area (Å²) in [7, 11) is 0. The number of thioether (sulfide) groups is 1. The van der Waals surface area contributed by atoms with Crippen LogP contribution in [0.3, 0.4) is 0 Å². The number of hydrogen-bond donors (Lipinski definition) is 6. The molecular weight excluding hydrogens is 480 g/mol. The highest BCUT2D eigenvalue weighted by Crippen LogP contribution is 2.19. The van der Waals surface area contributed by atoms with Crippen molar-refractivity contribution in [3.05, 3.63) is 18.2 Å². The summed E-state index contributed by atoms with van der Waals surface area (Å²) < 4.78 is 0. The predicted octanol–water partition coefficient (Wildman–Crippen LogP) is -1.06. The number of rotatable bonds is 14. The minimum atomic E-state index is -1.18. The summed E-state index contributed by atoms with van der Waals surface area (Å²) in [6.07, 6.45) is 5.54. The second-order valence-corrected chi connectivity index (χ2v) is 9.24. The molecule has 35 heavy (non-hydrogen) atoms. The Labute approximate surface area is 206 Å².